The minimum absolute atomic E-state index is 0.242. The first-order chi connectivity index (χ1) is 16.2. The van der Waals surface area contributed by atoms with Crippen molar-refractivity contribution in [3.05, 3.63) is 66.7 Å². The minimum atomic E-state index is 0.242. The maximum Gasteiger partial charge on any atom is 0.236 e. The molecule has 0 atom stereocenters. The van der Waals surface area contributed by atoms with Gasteiger partial charge in [-0.2, -0.15) is 0 Å². The van der Waals surface area contributed by atoms with Gasteiger partial charge in [0.25, 0.3) is 0 Å². The van der Waals surface area contributed by atoms with Crippen LogP contribution < -0.4 is 9.80 Å². The monoisotopic (exact) mass is 445 g/mol. The van der Waals surface area contributed by atoms with Crippen molar-refractivity contribution in [3.8, 4) is 5.82 Å². The van der Waals surface area contributed by atoms with Gasteiger partial charge in [0.15, 0.2) is 0 Å². The molecular formula is C25H31N7O. The van der Waals surface area contributed by atoms with E-state index < -0.39 is 0 Å². The fourth-order valence-electron chi connectivity index (χ4n) is 4.62. The molecular weight excluding hydrogens is 414 g/mol. The molecule has 0 spiro atoms. The molecule has 8 nitrogen and oxygen atoms in total. The molecule has 0 unspecified atom stereocenters. The summed E-state index contributed by atoms with van der Waals surface area (Å²) in [6.07, 6.45) is 3.73. The van der Waals surface area contributed by atoms with E-state index in [1.165, 1.54) is 5.69 Å². The van der Waals surface area contributed by atoms with E-state index in [1.54, 1.807) is 6.20 Å². The first-order valence-corrected chi connectivity index (χ1v) is 11.7. The van der Waals surface area contributed by atoms with Crippen LogP contribution in [0.25, 0.3) is 5.82 Å². The lowest BCUT2D eigenvalue weighted by molar-refractivity contribution is -0.132. The van der Waals surface area contributed by atoms with Crippen LogP contribution in [0.1, 0.15) is 5.82 Å². The molecule has 0 N–H and O–H groups in total. The van der Waals surface area contributed by atoms with E-state index in [4.69, 9.17) is 4.98 Å². The number of carbonyl (C=O) groups excluding carboxylic acids is 1. The van der Waals surface area contributed by atoms with Crippen LogP contribution in [-0.2, 0) is 4.79 Å². The van der Waals surface area contributed by atoms with Gasteiger partial charge < -0.3 is 14.7 Å². The molecule has 2 aliphatic rings. The Kier molecular flexibility index (Phi) is 6.26. The zero-order chi connectivity index (χ0) is 22.6. The molecule has 33 heavy (non-hydrogen) atoms. The lowest BCUT2D eigenvalue weighted by Crippen LogP contribution is -2.54. The smallest absolute Gasteiger partial charge is 0.236 e. The third-order valence-electron chi connectivity index (χ3n) is 6.60. The fourth-order valence-corrected chi connectivity index (χ4v) is 4.62. The normalized spacial score (nSPS) is 17.4. The summed E-state index contributed by atoms with van der Waals surface area (Å²) in [7, 11) is 0. The summed E-state index contributed by atoms with van der Waals surface area (Å²) in [6, 6.07) is 16.6. The average molecular weight is 446 g/mol. The molecule has 2 saturated heterocycles. The summed E-state index contributed by atoms with van der Waals surface area (Å²) in [5, 5.41) is 0. The third-order valence-corrected chi connectivity index (χ3v) is 6.60. The van der Waals surface area contributed by atoms with Crippen molar-refractivity contribution in [2.75, 3.05) is 68.7 Å². The highest BCUT2D eigenvalue weighted by molar-refractivity contribution is 5.78. The van der Waals surface area contributed by atoms with E-state index in [0.717, 1.165) is 69.8 Å². The molecule has 0 bridgehead atoms. The SMILES string of the molecule is Cc1nccn1-c1cccc(N2CCN(CC(=O)N3CCN(c4ccccc4)CC3)CC2)n1. The summed E-state index contributed by atoms with van der Waals surface area (Å²) in [4.78, 5) is 31.0. The minimum Gasteiger partial charge on any atom is -0.368 e. The van der Waals surface area contributed by atoms with E-state index in [-0.39, 0.29) is 5.91 Å². The molecule has 2 fully saturated rings. The van der Waals surface area contributed by atoms with Gasteiger partial charge in [0, 0.05) is 70.4 Å². The summed E-state index contributed by atoms with van der Waals surface area (Å²) in [6.45, 7) is 9.31. The Labute approximate surface area is 195 Å². The van der Waals surface area contributed by atoms with Crippen molar-refractivity contribution < 1.29 is 4.79 Å². The zero-order valence-corrected chi connectivity index (χ0v) is 19.2. The molecule has 1 amide bonds. The number of amides is 1. The second-order valence-corrected chi connectivity index (χ2v) is 8.67. The number of aromatic nitrogens is 3. The third kappa shape index (κ3) is 4.85. The van der Waals surface area contributed by atoms with Gasteiger partial charge in [-0.25, -0.2) is 9.97 Å². The van der Waals surface area contributed by atoms with Crippen LogP contribution in [0.15, 0.2) is 60.9 Å². The lowest BCUT2D eigenvalue weighted by atomic mass is 10.2. The molecule has 4 heterocycles. The van der Waals surface area contributed by atoms with Crippen LogP contribution in [0.3, 0.4) is 0 Å². The number of hydrogen-bond donors (Lipinski definition) is 0. The number of benzene rings is 1. The average Bonchev–Trinajstić information content (AvgIpc) is 3.31. The number of pyridine rings is 1. The summed E-state index contributed by atoms with van der Waals surface area (Å²) < 4.78 is 2.00. The topological polar surface area (TPSA) is 60.7 Å². The summed E-state index contributed by atoms with van der Waals surface area (Å²) in [5.74, 6) is 3.03. The van der Waals surface area contributed by atoms with Crippen molar-refractivity contribution >= 4 is 17.4 Å². The molecule has 0 aliphatic carbocycles. The van der Waals surface area contributed by atoms with Crippen LogP contribution in [-0.4, -0.2) is 89.1 Å². The van der Waals surface area contributed by atoms with E-state index in [1.807, 2.05) is 40.8 Å². The molecule has 2 aromatic heterocycles. The number of aryl methyl sites for hydroxylation is 1. The molecule has 172 valence electrons. The molecule has 2 aliphatic heterocycles. The predicted octanol–water partition coefficient (Wildman–Crippen LogP) is 2.05. The number of hydrogen-bond acceptors (Lipinski definition) is 6. The largest absolute Gasteiger partial charge is 0.368 e. The van der Waals surface area contributed by atoms with Gasteiger partial charge >= 0.3 is 0 Å². The lowest BCUT2D eigenvalue weighted by Gasteiger charge is -2.39. The zero-order valence-electron chi connectivity index (χ0n) is 19.2. The van der Waals surface area contributed by atoms with Crippen LogP contribution in [0.4, 0.5) is 11.5 Å². The maximum atomic E-state index is 12.9. The van der Waals surface area contributed by atoms with Gasteiger partial charge in [0.05, 0.1) is 6.54 Å². The molecule has 5 rings (SSSR count). The van der Waals surface area contributed by atoms with E-state index >= 15 is 0 Å². The highest BCUT2D eigenvalue weighted by Crippen LogP contribution is 2.18. The summed E-state index contributed by atoms with van der Waals surface area (Å²) >= 11 is 0. The first kappa shape index (κ1) is 21.5. The molecule has 8 heteroatoms. The standard InChI is InChI=1S/C25H31N7O/c1-21-26-10-11-32(21)24-9-5-8-23(27-24)30-14-12-28(13-15-30)20-25(33)31-18-16-29(17-19-31)22-6-3-2-4-7-22/h2-11H,12-20H2,1H3. The Morgan fingerprint density at radius 3 is 2.21 bits per heavy atom. The number of piperazine rings is 2. The number of imidazole rings is 1. The predicted molar refractivity (Wildman–Crippen MR) is 130 cm³/mol. The number of para-hydroxylation sites is 1. The Bertz CT molecular complexity index is 1070. The van der Waals surface area contributed by atoms with Gasteiger partial charge in [0.2, 0.25) is 5.91 Å². The van der Waals surface area contributed by atoms with Gasteiger partial charge in [-0.1, -0.05) is 24.3 Å². The second kappa shape index (κ2) is 9.62. The van der Waals surface area contributed by atoms with Gasteiger partial charge in [-0.05, 0) is 31.2 Å². The van der Waals surface area contributed by atoms with Crippen molar-refractivity contribution in [2.45, 2.75) is 6.92 Å². The van der Waals surface area contributed by atoms with E-state index in [9.17, 15) is 4.79 Å². The van der Waals surface area contributed by atoms with E-state index in [0.29, 0.717) is 6.54 Å². The highest BCUT2D eigenvalue weighted by atomic mass is 16.2. The number of rotatable bonds is 5. The fraction of sp³-hybridized carbons (Fsp3) is 0.400. The van der Waals surface area contributed by atoms with Crippen molar-refractivity contribution in [1.82, 2.24) is 24.3 Å². The summed E-state index contributed by atoms with van der Waals surface area (Å²) in [5.41, 5.74) is 1.24. The Morgan fingerprint density at radius 2 is 1.52 bits per heavy atom. The molecule has 3 aromatic rings. The van der Waals surface area contributed by atoms with Crippen molar-refractivity contribution in [3.63, 3.8) is 0 Å². The Morgan fingerprint density at radius 1 is 0.818 bits per heavy atom. The van der Waals surface area contributed by atoms with Gasteiger partial charge in [0.1, 0.15) is 17.5 Å². The second-order valence-electron chi connectivity index (χ2n) is 8.67. The number of nitrogens with zero attached hydrogens (tertiary/aromatic N) is 7. The molecule has 0 radical (unpaired) electrons. The number of anilines is 2. The maximum absolute atomic E-state index is 12.9. The Balaban J connectivity index is 1.11. The van der Waals surface area contributed by atoms with Crippen LogP contribution >= 0.6 is 0 Å². The van der Waals surface area contributed by atoms with Crippen LogP contribution in [0.2, 0.25) is 0 Å². The van der Waals surface area contributed by atoms with Gasteiger partial charge in [-0.15, -0.1) is 0 Å². The molecule has 1 aromatic carbocycles. The van der Waals surface area contributed by atoms with Crippen molar-refractivity contribution in [2.24, 2.45) is 0 Å². The van der Waals surface area contributed by atoms with Crippen LogP contribution in [0, 0.1) is 6.92 Å². The highest BCUT2D eigenvalue weighted by Gasteiger charge is 2.25. The van der Waals surface area contributed by atoms with Gasteiger partial charge in [-0.3, -0.25) is 14.3 Å². The van der Waals surface area contributed by atoms with Crippen molar-refractivity contribution in [1.29, 1.82) is 0 Å². The first-order valence-electron chi connectivity index (χ1n) is 11.7. The Hall–Kier alpha value is -3.39. The quantitative estimate of drug-likeness (QED) is 0.599. The molecule has 0 saturated carbocycles. The number of carbonyl (C=O) groups is 1. The van der Waals surface area contributed by atoms with E-state index in [2.05, 4.69) is 50.0 Å². The van der Waals surface area contributed by atoms with Crippen LogP contribution in [0.5, 0.6) is 0 Å².